The topological polar surface area (TPSA) is 101 Å². The monoisotopic (exact) mass is 476 g/mol. The number of allylic oxidation sites excluding steroid dienone is 2. The standard InChI is InChI=1S/C29H48O5/c1-16(2)18(10-13-30)7-6-17(3)25-23(32)15-21-24-20(9-12-29(21,25)5)28(4)11-8-19(31)14-22(28)26(33)27(24)34/h10,16-17,19,21-23,25-27,30-34H,6-9,11-15H2,1-5H3. The van der Waals surface area contributed by atoms with Crippen molar-refractivity contribution in [2.24, 2.45) is 40.4 Å². The van der Waals surface area contributed by atoms with Crippen LogP contribution < -0.4 is 0 Å². The summed E-state index contributed by atoms with van der Waals surface area (Å²) in [5.41, 5.74) is 3.34. The van der Waals surface area contributed by atoms with Gasteiger partial charge in [-0.3, -0.25) is 0 Å². The van der Waals surface area contributed by atoms with Crippen molar-refractivity contribution in [2.45, 2.75) is 110 Å². The maximum absolute atomic E-state index is 11.4. The molecule has 0 radical (unpaired) electrons. The van der Waals surface area contributed by atoms with Gasteiger partial charge in [0.1, 0.15) is 6.10 Å². The van der Waals surface area contributed by atoms with Crippen LogP contribution >= 0.6 is 0 Å². The van der Waals surface area contributed by atoms with Crippen molar-refractivity contribution < 1.29 is 25.5 Å². The third-order valence-electron chi connectivity index (χ3n) is 10.8. The van der Waals surface area contributed by atoms with Gasteiger partial charge in [0.05, 0.1) is 24.9 Å². The minimum atomic E-state index is -0.899. The predicted octanol–water partition coefficient (Wildman–Crippen LogP) is 3.97. The molecule has 0 saturated heterocycles. The highest BCUT2D eigenvalue weighted by Crippen LogP contribution is 2.66. The molecule has 0 aliphatic heterocycles. The van der Waals surface area contributed by atoms with Crippen molar-refractivity contribution in [3.63, 3.8) is 0 Å². The minimum absolute atomic E-state index is 0.0711. The normalized spacial score (nSPS) is 45.7. The molecule has 5 heteroatoms. The molecule has 5 N–H and O–H groups in total. The smallest absolute Gasteiger partial charge is 0.102 e. The van der Waals surface area contributed by atoms with Gasteiger partial charge in [0.15, 0.2) is 0 Å². The molecule has 0 aromatic carbocycles. The SMILES string of the molecule is CC(C)C(=CCO)CCC(C)C1C(O)CC2C3=C(CCC21C)C1(C)CCC(O)CC1C(O)C3O. The van der Waals surface area contributed by atoms with E-state index in [4.69, 9.17) is 0 Å². The van der Waals surface area contributed by atoms with Gasteiger partial charge < -0.3 is 25.5 Å². The average Bonchev–Trinajstić information content (AvgIpc) is 3.05. The third kappa shape index (κ3) is 4.14. The van der Waals surface area contributed by atoms with Gasteiger partial charge in [0.2, 0.25) is 0 Å². The van der Waals surface area contributed by atoms with E-state index in [0.717, 1.165) is 44.1 Å². The number of hydrogen-bond donors (Lipinski definition) is 5. The first kappa shape index (κ1) is 26.3. The molecule has 0 heterocycles. The Labute approximate surface area is 206 Å². The van der Waals surface area contributed by atoms with Crippen molar-refractivity contribution in [1.29, 1.82) is 0 Å². The van der Waals surface area contributed by atoms with E-state index in [1.54, 1.807) is 0 Å². The number of aliphatic hydroxyl groups excluding tert-OH is 5. The second kappa shape index (κ2) is 9.63. The summed E-state index contributed by atoms with van der Waals surface area (Å²) in [4.78, 5) is 0. The summed E-state index contributed by atoms with van der Waals surface area (Å²) in [6.07, 6.45) is 5.99. The molecule has 194 valence electrons. The summed E-state index contributed by atoms with van der Waals surface area (Å²) in [5.74, 6) is 0.859. The van der Waals surface area contributed by atoms with Crippen LogP contribution in [0.3, 0.4) is 0 Å². The summed E-state index contributed by atoms with van der Waals surface area (Å²) in [7, 11) is 0. The van der Waals surface area contributed by atoms with Crippen LogP contribution in [0.25, 0.3) is 0 Å². The highest BCUT2D eigenvalue weighted by Gasteiger charge is 2.62. The quantitative estimate of drug-likeness (QED) is 0.374. The Hall–Kier alpha value is -0.720. The van der Waals surface area contributed by atoms with Crippen LogP contribution in [0.5, 0.6) is 0 Å². The van der Waals surface area contributed by atoms with E-state index in [-0.39, 0.29) is 35.2 Å². The summed E-state index contributed by atoms with van der Waals surface area (Å²) in [5, 5.41) is 53.6. The van der Waals surface area contributed by atoms with Crippen molar-refractivity contribution in [2.75, 3.05) is 6.61 Å². The van der Waals surface area contributed by atoms with Gasteiger partial charge in [-0.05, 0) is 97.4 Å². The van der Waals surface area contributed by atoms with Gasteiger partial charge >= 0.3 is 0 Å². The first-order chi connectivity index (χ1) is 16.0. The Balaban J connectivity index is 1.62. The van der Waals surface area contributed by atoms with Gasteiger partial charge in [-0.2, -0.15) is 0 Å². The number of hydrogen-bond acceptors (Lipinski definition) is 5. The van der Waals surface area contributed by atoms with E-state index in [2.05, 4.69) is 34.6 Å². The molecule has 0 bridgehead atoms. The van der Waals surface area contributed by atoms with Crippen LogP contribution in [0.2, 0.25) is 0 Å². The largest absolute Gasteiger partial charge is 0.393 e. The van der Waals surface area contributed by atoms with Crippen LogP contribution in [-0.2, 0) is 0 Å². The lowest BCUT2D eigenvalue weighted by molar-refractivity contribution is -0.0990. The second-order valence-corrected chi connectivity index (χ2v) is 12.8. The molecule has 4 aliphatic rings. The van der Waals surface area contributed by atoms with Crippen LogP contribution in [0, 0.1) is 40.4 Å². The number of aliphatic hydroxyl groups is 5. The van der Waals surface area contributed by atoms with Crippen molar-refractivity contribution in [3.8, 4) is 0 Å². The maximum Gasteiger partial charge on any atom is 0.102 e. The molecule has 34 heavy (non-hydrogen) atoms. The molecule has 4 rings (SSSR count). The van der Waals surface area contributed by atoms with Crippen molar-refractivity contribution in [1.82, 2.24) is 0 Å². The van der Waals surface area contributed by atoms with E-state index in [1.807, 2.05) is 6.08 Å². The highest BCUT2D eigenvalue weighted by molar-refractivity contribution is 5.39. The summed E-state index contributed by atoms with van der Waals surface area (Å²) < 4.78 is 0. The Morgan fingerprint density at radius 2 is 1.76 bits per heavy atom. The van der Waals surface area contributed by atoms with E-state index in [1.165, 1.54) is 11.1 Å². The molecule has 4 aliphatic carbocycles. The van der Waals surface area contributed by atoms with Gasteiger partial charge in [-0.1, -0.05) is 51.8 Å². The minimum Gasteiger partial charge on any atom is -0.393 e. The van der Waals surface area contributed by atoms with Crippen molar-refractivity contribution in [3.05, 3.63) is 22.8 Å². The van der Waals surface area contributed by atoms with Gasteiger partial charge in [0, 0.05) is 0 Å². The fourth-order valence-electron chi connectivity index (χ4n) is 8.87. The molecule has 0 amide bonds. The van der Waals surface area contributed by atoms with Crippen LogP contribution in [0.4, 0.5) is 0 Å². The summed E-state index contributed by atoms with van der Waals surface area (Å²) in [6, 6.07) is 0. The Kier molecular flexibility index (Phi) is 7.46. The fraction of sp³-hybridized carbons (Fsp3) is 0.862. The van der Waals surface area contributed by atoms with E-state index < -0.39 is 24.4 Å². The third-order valence-corrected chi connectivity index (χ3v) is 10.8. The van der Waals surface area contributed by atoms with Crippen molar-refractivity contribution >= 4 is 0 Å². The lowest BCUT2D eigenvalue weighted by atomic mass is 9.49. The van der Waals surface area contributed by atoms with Crippen LogP contribution in [-0.4, -0.2) is 56.6 Å². The maximum atomic E-state index is 11.4. The first-order valence-electron chi connectivity index (χ1n) is 13.7. The van der Waals surface area contributed by atoms with Crippen LogP contribution in [0.15, 0.2) is 22.8 Å². The lowest BCUT2D eigenvalue weighted by Crippen LogP contribution is -2.56. The molecular weight excluding hydrogens is 428 g/mol. The highest BCUT2D eigenvalue weighted by atomic mass is 16.3. The molecule has 10 atom stereocenters. The fourth-order valence-corrected chi connectivity index (χ4v) is 8.87. The molecule has 0 aromatic rings. The summed E-state index contributed by atoms with van der Waals surface area (Å²) >= 11 is 0. The Morgan fingerprint density at radius 3 is 2.41 bits per heavy atom. The summed E-state index contributed by atoms with van der Waals surface area (Å²) in [6.45, 7) is 11.2. The Bertz CT molecular complexity index is 817. The molecule has 2 fully saturated rings. The zero-order chi connectivity index (χ0) is 25.0. The molecule has 2 saturated carbocycles. The molecule has 0 aromatic heterocycles. The first-order valence-corrected chi connectivity index (χ1v) is 13.7. The molecule has 5 nitrogen and oxygen atoms in total. The zero-order valence-corrected chi connectivity index (χ0v) is 21.9. The number of rotatable bonds is 6. The molecule has 0 spiro atoms. The molecule has 10 unspecified atom stereocenters. The van der Waals surface area contributed by atoms with E-state index >= 15 is 0 Å². The van der Waals surface area contributed by atoms with Gasteiger partial charge in [-0.15, -0.1) is 0 Å². The Morgan fingerprint density at radius 1 is 1.06 bits per heavy atom. The predicted molar refractivity (Wildman–Crippen MR) is 134 cm³/mol. The van der Waals surface area contributed by atoms with Crippen LogP contribution in [0.1, 0.15) is 86.0 Å². The van der Waals surface area contributed by atoms with E-state index in [9.17, 15) is 25.5 Å². The van der Waals surface area contributed by atoms with E-state index in [0.29, 0.717) is 24.7 Å². The van der Waals surface area contributed by atoms with Gasteiger partial charge in [0.25, 0.3) is 0 Å². The number of fused-ring (bicyclic) bond motifs is 4. The molecular formula is C29H48O5. The lowest BCUT2D eigenvalue weighted by Gasteiger charge is -2.57. The zero-order valence-electron chi connectivity index (χ0n) is 21.9. The van der Waals surface area contributed by atoms with Gasteiger partial charge in [-0.25, -0.2) is 0 Å². The average molecular weight is 477 g/mol. The second-order valence-electron chi connectivity index (χ2n) is 12.8.